The highest BCUT2D eigenvalue weighted by molar-refractivity contribution is 5.80. The van der Waals surface area contributed by atoms with E-state index in [0.29, 0.717) is 12.8 Å². The molecule has 6 heteroatoms. The van der Waals surface area contributed by atoms with Crippen molar-refractivity contribution >= 4 is 5.91 Å². The summed E-state index contributed by atoms with van der Waals surface area (Å²) in [6, 6.07) is -0.999. The van der Waals surface area contributed by atoms with Gasteiger partial charge in [-0.2, -0.15) is 0 Å². The van der Waals surface area contributed by atoms with E-state index in [9.17, 15) is 25.2 Å². The van der Waals surface area contributed by atoms with Gasteiger partial charge in [-0.15, -0.1) is 0 Å². The minimum atomic E-state index is -1.28. The van der Waals surface area contributed by atoms with Crippen LogP contribution in [0.25, 0.3) is 0 Å². The summed E-state index contributed by atoms with van der Waals surface area (Å²) in [7, 11) is 0. The van der Waals surface area contributed by atoms with E-state index >= 15 is 0 Å². The van der Waals surface area contributed by atoms with Gasteiger partial charge in [0.2, 0.25) is 5.91 Å². The number of rotatable bonds is 58. The zero-order valence-corrected chi connectivity index (χ0v) is 46.1. The van der Waals surface area contributed by atoms with Crippen LogP contribution in [0, 0.1) is 0 Å². The minimum absolute atomic E-state index is 0.369. The van der Waals surface area contributed by atoms with Crippen LogP contribution >= 0.6 is 0 Å². The number of aliphatic hydroxyl groups excluding tert-OH is 4. The van der Waals surface area contributed by atoms with Gasteiger partial charge in [-0.3, -0.25) is 4.79 Å². The van der Waals surface area contributed by atoms with E-state index in [-0.39, 0.29) is 0 Å². The number of hydrogen-bond donors (Lipinski definition) is 5. The summed E-state index contributed by atoms with van der Waals surface area (Å²) in [6.07, 6.45) is 68.8. The average molecular weight is 963 g/mol. The molecule has 0 rings (SSSR count). The number of carbonyl (C=O) groups excluding carboxylic acids is 1. The van der Waals surface area contributed by atoms with Crippen molar-refractivity contribution in [3.8, 4) is 0 Å². The van der Waals surface area contributed by atoms with Crippen LogP contribution in [0.3, 0.4) is 0 Å². The van der Waals surface area contributed by atoms with Crippen LogP contribution in [0.15, 0.2) is 12.2 Å². The molecule has 406 valence electrons. The topological polar surface area (TPSA) is 110 Å². The maximum absolute atomic E-state index is 12.6. The lowest BCUT2D eigenvalue weighted by molar-refractivity contribution is -0.132. The van der Waals surface area contributed by atoms with E-state index in [4.69, 9.17) is 0 Å². The van der Waals surface area contributed by atoms with Gasteiger partial charge in [-0.05, 0) is 38.5 Å². The number of amides is 1. The standard InChI is InChI=1S/C62H123NO5/c1-3-5-7-9-11-13-15-17-19-21-23-25-27-29-30-32-33-35-37-39-41-43-45-47-49-51-53-55-59(65)61(67)58(57-64)63-62(68)60(66)56-54-52-50-48-46-44-42-40-38-36-34-31-28-26-24-22-20-18-16-14-12-10-8-6-4-2/h47,49,58-61,64-67H,3-46,48,50-57H2,1-2H3,(H,63,68)/b49-47+. The molecule has 0 spiro atoms. The highest BCUT2D eigenvalue weighted by Crippen LogP contribution is 2.19. The molecule has 0 aliphatic rings. The molecule has 0 heterocycles. The fourth-order valence-electron chi connectivity index (χ4n) is 10.1. The third kappa shape index (κ3) is 50.0. The SMILES string of the molecule is CCCCCCCCCCCCCCCCCCCCCCCC/C=C/CCCC(O)C(O)C(CO)NC(=O)C(O)CCCCCCCCCCCCCCCCCCCCCCCCCCC. The smallest absolute Gasteiger partial charge is 0.249 e. The highest BCUT2D eigenvalue weighted by Gasteiger charge is 2.28. The molecule has 4 unspecified atom stereocenters. The number of carbonyl (C=O) groups is 1. The molecule has 6 nitrogen and oxygen atoms in total. The summed E-state index contributed by atoms with van der Waals surface area (Å²) in [5, 5.41) is 44.1. The largest absolute Gasteiger partial charge is 0.394 e. The second-order valence-electron chi connectivity index (χ2n) is 21.8. The van der Waals surface area contributed by atoms with Gasteiger partial charge >= 0.3 is 0 Å². The first kappa shape index (κ1) is 67.0. The average Bonchev–Trinajstić information content (AvgIpc) is 3.34. The molecule has 1 amide bonds. The Bertz CT molecular complexity index is 990. The van der Waals surface area contributed by atoms with E-state index in [1.807, 2.05) is 0 Å². The van der Waals surface area contributed by atoms with Crippen molar-refractivity contribution in [2.24, 2.45) is 0 Å². The Morgan fingerprint density at radius 2 is 0.603 bits per heavy atom. The quantitative estimate of drug-likeness (QED) is 0.0308. The van der Waals surface area contributed by atoms with Crippen molar-refractivity contribution < 1.29 is 25.2 Å². The first-order valence-corrected chi connectivity index (χ1v) is 31.1. The molecule has 0 saturated carbocycles. The molecule has 0 bridgehead atoms. The summed E-state index contributed by atoms with van der Waals surface area (Å²) in [5.74, 6) is -0.585. The molecule has 5 N–H and O–H groups in total. The molecule has 68 heavy (non-hydrogen) atoms. The molecule has 4 atom stereocenters. The Balaban J connectivity index is 3.59. The van der Waals surface area contributed by atoms with Gasteiger partial charge in [0.15, 0.2) is 0 Å². The zero-order chi connectivity index (χ0) is 49.5. The predicted octanol–water partition coefficient (Wildman–Crippen LogP) is 18.4. The molecule has 0 aliphatic heterocycles. The first-order chi connectivity index (χ1) is 33.5. The fourth-order valence-corrected chi connectivity index (χ4v) is 10.1. The number of allylic oxidation sites excluding steroid dienone is 2. The first-order valence-electron chi connectivity index (χ1n) is 31.1. The Hall–Kier alpha value is -0.950. The van der Waals surface area contributed by atoms with Crippen molar-refractivity contribution in [3.05, 3.63) is 12.2 Å². The van der Waals surface area contributed by atoms with Crippen LogP contribution in [0.1, 0.15) is 348 Å². The lowest BCUT2D eigenvalue weighted by Crippen LogP contribution is -2.53. The highest BCUT2D eigenvalue weighted by atomic mass is 16.3. The molecule has 0 fully saturated rings. The third-order valence-electron chi connectivity index (χ3n) is 15.0. The summed E-state index contributed by atoms with van der Waals surface area (Å²) in [6.45, 7) is 4.10. The molecule has 0 aromatic heterocycles. The van der Waals surface area contributed by atoms with Crippen molar-refractivity contribution in [1.29, 1.82) is 0 Å². The van der Waals surface area contributed by atoms with Crippen molar-refractivity contribution in [2.75, 3.05) is 6.61 Å². The fraction of sp³-hybridized carbons (Fsp3) is 0.952. The van der Waals surface area contributed by atoms with Gasteiger partial charge in [-0.25, -0.2) is 0 Å². The van der Waals surface area contributed by atoms with Gasteiger partial charge in [-0.1, -0.05) is 321 Å². The van der Waals surface area contributed by atoms with Crippen molar-refractivity contribution in [1.82, 2.24) is 5.32 Å². The number of aliphatic hydroxyl groups is 4. The normalized spacial score (nSPS) is 13.7. The molecular formula is C62H123NO5. The molecule has 0 aromatic carbocycles. The van der Waals surface area contributed by atoms with E-state index in [1.165, 1.54) is 283 Å². The van der Waals surface area contributed by atoms with Gasteiger partial charge in [0.25, 0.3) is 0 Å². The number of nitrogens with one attached hydrogen (secondary N) is 1. The van der Waals surface area contributed by atoms with Gasteiger partial charge in [0.1, 0.15) is 12.2 Å². The van der Waals surface area contributed by atoms with Crippen LogP contribution in [0.5, 0.6) is 0 Å². The predicted molar refractivity (Wildman–Crippen MR) is 298 cm³/mol. The molecule has 0 aliphatic carbocycles. The van der Waals surface area contributed by atoms with Crippen LogP contribution in [-0.2, 0) is 4.79 Å². The van der Waals surface area contributed by atoms with Gasteiger partial charge < -0.3 is 25.7 Å². The lowest BCUT2D eigenvalue weighted by atomic mass is 10.00. The van der Waals surface area contributed by atoms with E-state index in [2.05, 4.69) is 31.3 Å². The summed E-state index contributed by atoms with van der Waals surface area (Å²) in [5.41, 5.74) is 0. The molecule has 0 radical (unpaired) electrons. The third-order valence-corrected chi connectivity index (χ3v) is 15.0. The minimum Gasteiger partial charge on any atom is -0.394 e. The van der Waals surface area contributed by atoms with Crippen LogP contribution < -0.4 is 5.32 Å². The monoisotopic (exact) mass is 962 g/mol. The Morgan fingerprint density at radius 1 is 0.353 bits per heavy atom. The summed E-state index contributed by atoms with van der Waals surface area (Å²) in [4.78, 5) is 12.6. The summed E-state index contributed by atoms with van der Waals surface area (Å²) >= 11 is 0. The van der Waals surface area contributed by atoms with Crippen LogP contribution in [0.2, 0.25) is 0 Å². The Morgan fingerprint density at radius 3 is 0.882 bits per heavy atom. The van der Waals surface area contributed by atoms with E-state index in [1.54, 1.807) is 0 Å². The van der Waals surface area contributed by atoms with Crippen LogP contribution in [-0.4, -0.2) is 57.3 Å². The second-order valence-corrected chi connectivity index (χ2v) is 21.8. The lowest BCUT2D eigenvalue weighted by Gasteiger charge is -2.27. The van der Waals surface area contributed by atoms with E-state index < -0.39 is 36.9 Å². The Labute approximate surface area is 425 Å². The maximum atomic E-state index is 12.6. The second kappa shape index (κ2) is 57.0. The number of hydrogen-bond acceptors (Lipinski definition) is 5. The van der Waals surface area contributed by atoms with Gasteiger partial charge in [0.05, 0.1) is 18.8 Å². The Kier molecular flexibility index (Phi) is 56.2. The van der Waals surface area contributed by atoms with Crippen LogP contribution in [0.4, 0.5) is 0 Å². The maximum Gasteiger partial charge on any atom is 0.249 e. The van der Waals surface area contributed by atoms with E-state index in [0.717, 1.165) is 38.5 Å². The number of unbranched alkanes of at least 4 members (excludes halogenated alkanes) is 47. The van der Waals surface area contributed by atoms with Gasteiger partial charge in [0, 0.05) is 0 Å². The van der Waals surface area contributed by atoms with Crippen molar-refractivity contribution in [2.45, 2.75) is 372 Å². The summed E-state index contributed by atoms with van der Waals surface area (Å²) < 4.78 is 0. The molecule has 0 saturated heterocycles. The van der Waals surface area contributed by atoms with Crippen molar-refractivity contribution in [3.63, 3.8) is 0 Å². The molecular weight excluding hydrogens is 839 g/mol. The zero-order valence-electron chi connectivity index (χ0n) is 46.1. The molecule has 0 aromatic rings.